The van der Waals surface area contributed by atoms with Crippen molar-refractivity contribution in [1.82, 2.24) is 0 Å². The maximum absolute atomic E-state index is 10.0. The molecule has 1 rings (SSSR count). The number of aliphatic hydroxyl groups excluding tert-OH is 1. The topological polar surface area (TPSA) is 46.2 Å². The molecule has 0 spiro atoms. The van der Waals surface area contributed by atoms with Gasteiger partial charge in [-0.1, -0.05) is 6.42 Å². The summed E-state index contributed by atoms with van der Waals surface area (Å²) in [6.45, 7) is 3.79. The Hall–Kier alpha value is 0.270. The summed E-state index contributed by atoms with van der Waals surface area (Å²) < 4.78 is 0.0538. The highest BCUT2D eigenvalue weighted by molar-refractivity contribution is 8.00. The highest BCUT2D eigenvalue weighted by Crippen LogP contribution is 2.47. The third kappa shape index (κ3) is 1.63. The van der Waals surface area contributed by atoms with E-state index in [-0.39, 0.29) is 10.9 Å². The van der Waals surface area contributed by atoms with E-state index < -0.39 is 5.54 Å². The summed E-state index contributed by atoms with van der Waals surface area (Å²) in [5, 5.41) is 10.0. The normalized spacial score (nSPS) is 24.8. The average molecular weight is 189 g/mol. The minimum atomic E-state index is -0.469. The van der Waals surface area contributed by atoms with Crippen molar-refractivity contribution >= 4 is 11.8 Å². The van der Waals surface area contributed by atoms with Crippen LogP contribution in [-0.4, -0.2) is 27.8 Å². The standard InChI is InChI=1S/C9H19NOS/c1-8(2,10)7(11)9(12-3)5-4-6-9/h7,11H,4-6,10H2,1-3H3. The number of hydrogen-bond acceptors (Lipinski definition) is 3. The first-order chi connectivity index (χ1) is 5.42. The first-order valence-electron chi connectivity index (χ1n) is 4.44. The van der Waals surface area contributed by atoms with Crippen LogP contribution in [0.5, 0.6) is 0 Å². The average Bonchev–Trinajstić information content (AvgIpc) is 1.84. The molecule has 0 aliphatic heterocycles. The summed E-state index contributed by atoms with van der Waals surface area (Å²) >= 11 is 1.76. The van der Waals surface area contributed by atoms with Crippen molar-refractivity contribution in [2.24, 2.45) is 5.73 Å². The van der Waals surface area contributed by atoms with Gasteiger partial charge in [0.2, 0.25) is 0 Å². The molecule has 3 heteroatoms. The first kappa shape index (κ1) is 10.4. The van der Waals surface area contributed by atoms with Gasteiger partial charge in [-0.05, 0) is 32.9 Å². The molecule has 0 heterocycles. The van der Waals surface area contributed by atoms with Crippen LogP contribution in [0.4, 0.5) is 0 Å². The number of nitrogens with two attached hydrogens (primary N) is 1. The molecule has 1 unspecified atom stereocenters. The van der Waals surface area contributed by atoms with E-state index in [0.29, 0.717) is 0 Å². The third-order valence-corrected chi connectivity index (χ3v) is 4.25. The lowest BCUT2D eigenvalue weighted by molar-refractivity contribution is 0.0341. The van der Waals surface area contributed by atoms with Crippen molar-refractivity contribution < 1.29 is 5.11 Å². The Morgan fingerprint density at radius 3 is 2.08 bits per heavy atom. The molecule has 0 aromatic heterocycles. The van der Waals surface area contributed by atoms with Gasteiger partial charge in [-0.15, -0.1) is 0 Å². The lowest BCUT2D eigenvalue weighted by Crippen LogP contribution is -2.59. The van der Waals surface area contributed by atoms with Crippen LogP contribution in [0.1, 0.15) is 33.1 Å². The SMILES string of the molecule is CSC1(C(O)C(C)(C)N)CCC1. The monoisotopic (exact) mass is 189 g/mol. The second kappa shape index (κ2) is 3.20. The van der Waals surface area contributed by atoms with Crippen LogP contribution >= 0.6 is 11.8 Å². The van der Waals surface area contributed by atoms with Gasteiger partial charge in [0.25, 0.3) is 0 Å². The first-order valence-corrected chi connectivity index (χ1v) is 5.67. The van der Waals surface area contributed by atoms with Gasteiger partial charge in [-0.25, -0.2) is 0 Å². The summed E-state index contributed by atoms with van der Waals surface area (Å²) in [4.78, 5) is 0. The van der Waals surface area contributed by atoms with E-state index in [2.05, 4.69) is 6.26 Å². The van der Waals surface area contributed by atoms with E-state index >= 15 is 0 Å². The van der Waals surface area contributed by atoms with Crippen LogP contribution in [0.25, 0.3) is 0 Å². The van der Waals surface area contributed by atoms with Crippen molar-refractivity contribution in [3.05, 3.63) is 0 Å². The number of aliphatic hydroxyl groups is 1. The number of thioether (sulfide) groups is 1. The van der Waals surface area contributed by atoms with Crippen LogP contribution in [0, 0.1) is 0 Å². The summed E-state index contributed by atoms with van der Waals surface area (Å²) in [5.41, 5.74) is 5.42. The van der Waals surface area contributed by atoms with E-state index in [1.54, 1.807) is 11.8 Å². The molecule has 0 aromatic carbocycles. The smallest absolute Gasteiger partial charge is 0.0860 e. The fourth-order valence-electron chi connectivity index (χ4n) is 1.79. The van der Waals surface area contributed by atoms with Crippen molar-refractivity contribution in [2.75, 3.05) is 6.26 Å². The summed E-state index contributed by atoms with van der Waals surface area (Å²) in [6.07, 6.45) is 5.13. The fraction of sp³-hybridized carbons (Fsp3) is 1.00. The largest absolute Gasteiger partial charge is 0.390 e. The molecule has 1 saturated carbocycles. The van der Waals surface area contributed by atoms with E-state index in [4.69, 9.17) is 5.73 Å². The molecule has 1 aliphatic rings. The fourth-order valence-corrected chi connectivity index (χ4v) is 3.02. The molecule has 0 radical (unpaired) electrons. The Bertz CT molecular complexity index is 155. The van der Waals surface area contributed by atoms with Crippen LogP contribution < -0.4 is 5.73 Å². The van der Waals surface area contributed by atoms with Gasteiger partial charge in [0.1, 0.15) is 0 Å². The van der Waals surface area contributed by atoms with E-state index in [0.717, 1.165) is 12.8 Å². The van der Waals surface area contributed by atoms with Gasteiger partial charge in [-0.3, -0.25) is 0 Å². The molecule has 1 fully saturated rings. The molecule has 0 amide bonds. The van der Waals surface area contributed by atoms with Crippen LogP contribution in [0.3, 0.4) is 0 Å². The predicted molar refractivity (Wildman–Crippen MR) is 54.4 cm³/mol. The lowest BCUT2D eigenvalue weighted by Gasteiger charge is -2.48. The minimum absolute atomic E-state index is 0.0538. The molecule has 12 heavy (non-hydrogen) atoms. The molecular weight excluding hydrogens is 170 g/mol. The van der Waals surface area contributed by atoms with Gasteiger partial charge < -0.3 is 10.8 Å². The predicted octanol–water partition coefficient (Wildman–Crippen LogP) is 1.37. The van der Waals surface area contributed by atoms with Gasteiger partial charge in [-0.2, -0.15) is 11.8 Å². The van der Waals surface area contributed by atoms with Gasteiger partial charge in [0.05, 0.1) is 6.10 Å². The molecule has 1 atom stereocenters. The highest BCUT2D eigenvalue weighted by Gasteiger charge is 2.47. The lowest BCUT2D eigenvalue weighted by atomic mass is 9.74. The second-order valence-electron chi connectivity index (χ2n) is 4.35. The van der Waals surface area contributed by atoms with E-state index in [1.807, 2.05) is 13.8 Å². The molecular formula is C9H19NOS. The molecule has 1 aliphatic carbocycles. The molecule has 0 aromatic rings. The van der Waals surface area contributed by atoms with Gasteiger partial charge >= 0.3 is 0 Å². The molecule has 3 N–H and O–H groups in total. The molecule has 0 saturated heterocycles. The van der Waals surface area contributed by atoms with E-state index in [9.17, 15) is 5.11 Å². The van der Waals surface area contributed by atoms with Gasteiger partial charge in [0.15, 0.2) is 0 Å². The number of rotatable bonds is 3. The molecule has 2 nitrogen and oxygen atoms in total. The zero-order chi connectivity index (χ0) is 9.41. The third-order valence-electron chi connectivity index (χ3n) is 2.81. The van der Waals surface area contributed by atoms with Crippen molar-refractivity contribution in [3.63, 3.8) is 0 Å². The quantitative estimate of drug-likeness (QED) is 0.705. The van der Waals surface area contributed by atoms with Gasteiger partial charge in [0, 0.05) is 10.3 Å². The number of hydrogen-bond donors (Lipinski definition) is 2. The van der Waals surface area contributed by atoms with Crippen LogP contribution in [0.2, 0.25) is 0 Å². The summed E-state index contributed by atoms with van der Waals surface area (Å²) in [5.74, 6) is 0. The Balaban J connectivity index is 2.67. The maximum atomic E-state index is 10.0. The summed E-state index contributed by atoms with van der Waals surface area (Å²) in [6, 6.07) is 0. The Morgan fingerprint density at radius 2 is 2.00 bits per heavy atom. The van der Waals surface area contributed by atoms with Crippen LogP contribution in [-0.2, 0) is 0 Å². The minimum Gasteiger partial charge on any atom is -0.390 e. The maximum Gasteiger partial charge on any atom is 0.0860 e. The van der Waals surface area contributed by atoms with Crippen LogP contribution in [0.15, 0.2) is 0 Å². The Morgan fingerprint density at radius 1 is 1.50 bits per heavy atom. The highest BCUT2D eigenvalue weighted by atomic mass is 32.2. The molecule has 0 bridgehead atoms. The second-order valence-corrected chi connectivity index (χ2v) is 5.57. The van der Waals surface area contributed by atoms with Crippen molar-refractivity contribution in [1.29, 1.82) is 0 Å². The van der Waals surface area contributed by atoms with Crippen molar-refractivity contribution in [3.8, 4) is 0 Å². The summed E-state index contributed by atoms with van der Waals surface area (Å²) in [7, 11) is 0. The Kier molecular flexibility index (Phi) is 2.76. The zero-order valence-electron chi connectivity index (χ0n) is 8.13. The van der Waals surface area contributed by atoms with E-state index in [1.165, 1.54) is 6.42 Å². The Labute approximate surface area is 78.9 Å². The molecule has 72 valence electrons. The van der Waals surface area contributed by atoms with Crippen molar-refractivity contribution in [2.45, 2.75) is 49.5 Å². The zero-order valence-corrected chi connectivity index (χ0v) is 8.95.